The lowest BCUT2D eigenvalue weighted by molar-refractivity contribution is -0.301. The van der Waals surface area contributed by atoms with Gasteiger partial charge in [-0.15, -0.1) is 5.10 Å². The molecule has 1 aliphatic rings. The zero-order valence-electron chi connectivity index (χ0n) is 15.6. The number of nitrogens with one attached hydrogen (secondary N) is 1. The molecule has 5 rings (SSSR count). The number of halogens is 5. The van der Waals surface area contributed by atoms with E-state index in [9.17, 15) is 22.0 Å². The van der Waals surface area contributed by atoms with Gasteiger partial charge in [-0.1, -0.05) is 0 Å². The minimum atomic E-state index is -5.70. The Labute approximate surface area is 164 Å². The fourth-order valence-electron chi connectivity index (χ4n) is 3.63. The van der Waals surface area contributed by atoms with Crippen molar-refractivity contribution in [1.82, 2.24) is 39.1 Å². The Morgan fingerprint density at radius 2 is 1.90 bits per heavy atom. The van der Waals surface area contributed by atoms with Gasteiger partial charge in [0.1, 0.15) is 23.9 Å². The summed E-state index contributed by atoms with van der Waals surface area (Å²) in [5.41, 5.74) is 1.04. The van der Waals surface area contributed by atoms with E-state index in [1.807, 2.05) is 0 Å². The summed E-state index contributed by atoms with van der Waals surface area (Å²) in [5, 5.41) is 15.8. The Morgan fingerprint density at radius 3 is 2.63 bits per heavy atom. The van der Waals surface area contributed by atoms with Gasteiger partial charge < -0.3 is 5.32 Å². The van der Waals surface area contributed by atoms with E-state index in [1.165, 1.54) is 23.8 Å². The molecule has 30 heavy (non-hydrogen) atoms. The van der Waals surface area contributed by atoms with Crippen molar-refractivity contribution in [3.63, 3.8) is 0 Å². The van der Waals surface area contributed by atoms with Gasteiger partial charge in [0.05, 0.1) is 11.6 Å². The molecule has 0 aromatic carbocycles. The number of aryl methyl sites for hydroxylation is 1. The first-order chi connectivity index (χ1) is 14.1. The van der Waals surface area contributed by atoms with Crippen LogP contribution in [0.2, 0.25) is 0 Å². The third-order valence-corrected chi connectivity index (χ3v) is 5.10. The number of fused-ring (bicyclic) bond motifs is 4. The Kier molecular flexibility index (Phi) is 3.65. The molecule has 0 fully saturated rings. The summed E-state index contributed by atoms with van der Waals surface area (Å²) in [6.07, 6.45) is -3.18. The summed E-state index contributed by atoms with van der Waals surface area (Å²) < 4.78 is 70.9. The molecule has 1 N–H and O–H groups in total. The lowest BCUT2D eigenvalue weighted by Crippen LogP contribution is -2.48. The number of hydrogen-bond donors (Lipinski definition) is 1. The normalized spacial score (nSPS) is 20.0. The van der Waals surface area contributed by atoms with E-state index in [2.05, 4.69) is 30.6 Å². The standard InChI is InChI=1S/C16H14F5N9/c1-7-3-10(15(17,18)16(19,20)21)30-11(24-7)4-9(26-30)12-25-14-8-5-23-28(2)13(8)22-6-29(14)27-12/h4-7,10,24H,3H2,1-2H3/t7-,10-/m0/s1. The van der Waals surface area contributed by atoms with Crippen LogP contribution < -0.4 is 5.32 Å². The molecule has 2 atom stereocenters. The number of anilines is 1. The molecule has 4 aromatic heterocycles. The molecule has 0 saturated heterocycles. The average molecular weight is 427 g/mol. The van der Waals surface area contributed by atoms with Crippen molar-refractivity contribution < 1.29 is 22.0 Å². The number of alkyl halides is 5. The van der Waals surface area contributed by atoms with E-state index >= 15 is 0 Å². The smallest absolute Gasteiger partial charge is 0.368 e. The van der Waals surface area contributed by atoms with Crippen LogP contribution in [0.4, 0.5) is 27.8 Å². The van der Waals surface area contributed by atoms with Crippen molar-refractivity contribution in [2.75, 3.05) is 5.32 Å². The van der Waals surface area contributed by atoms with Gasteiger partial charge in [-0.05, 0) is 13.3 Å². The summed E-state index contributed by atoms with van der Waals surface area (Å²) in [5.74, 6) is -4.83. The predicted octanol–water partition coefficient (Wildman–Crippen LogP) is 2.82. The summed E-state index contributed by atoms with van der Waals surface area (Å²) in [7, 11) is 1.71. The van der Waals surface area contributed by atoms with Crippen molar-refractivity contribution in [3.05, 3.63) is 18.6 Å². The molecule has 0 bridgehead atoms. The van der Waals surface area contributed by atoms with Crippen molar-refractivity contribution in [2.24, 2.45) is 7.05 Å². The first-order valence-electron chi connectivity index (χ1n) is 8.90. The van der Waals surface area contributed by atoms with Gasteiger partial charge in [0.15, 0.2) is 11.3 Å². The van der Waals surface area contributed by atoms with E-state index in [0.717, 1.165) is 0 Å². The SMILES string of the molecule is C[C@H]1C[C@@H](C(F)(F)C(F)(F)F)n2nc(-c3nc4c5cnn(C)c5ncn4n3)cc2N1. The van der Waals surface area contributed by atoms with Crippen LogP contribution in [0.3, 0.4) is 0 Å². The minimum absolute atomic E-state index is 0.0428. The predicted molar refractivity (Wildman–Crippen MR) is 94.0 cm³/mol. The Bertz CT molecular complexity index is 1270. The Hall–Kier alpha value is -3.32. The molecule has 0 unspecified atom stereocenters. The van der Waals surface area contributed by atoms with E-state index in [1.54, 1.807) is 17.9 Å². The van der Waals surface area contributed by atoms with E-state index in [-0.39, 0.29) is 17.3 Å². The maximum absolute atomic E-state index is 14.2. The fraction of sp³-hybridized carbons (Fsp3) is 0.438. The molecular formula is C16H14F5N9. The molecular weight excluding hydrogens is 413 g/mol. The van der Waals surface area contributed by atoms with Gasteiger partial charge in [-0.2, -0.15) is 32.1 Å². The highest BCUT2D eigenvalue weighted by molar-refractivity contribution is 5.88. The lowest BCUT2D eigenvalue weighted by Gasteiger charge is -2.35. The first-order valence-corrected chi connectivity index (χ1v) is 8.90. The number of aromatic nitrogens is 8. The van der Waals surface area contributed by atoms with Gasteiger partial charge in [0.25, 0.3) is 0 Å². The quantitative estimate of drug-likeness (QED) is 0.495. The number of hydrogen-bond acceptors (Lipinski definition) is 6. The van der Waals surface area contributed by atoms with Crippen LogP contribution in [0.15, 0.2) is 18.6 Å². The topological polar surface area (TPSA) is 90.8 Å². The van der Waals surface area contributed by atoms with E-state index in [4.69, 9.17) is 0 Å². The second-order valence-electron chi connectivity index (χ2n) is 7.23. The number of rotatable bonds is 2. The second kappa shape index (κ2) is 5.86. The minimum Gasteiger partial charge on any atom is -0.368 e. The fourth-order valence-corrected chi connectivity index (χ4v) is 3.63. The summed E-state index contributed by atoms with van der Waals surface area (Å²) in [6, 6.07) is -1.42. The molecule has 1 aliphatic heterocycles. The van der Waals surface area contributed by atoms with Crippen LogP contribution in [0.5, 0.6) is 0 Å². The number of nitrogens with zero attached hydrogens (tertiary/aromatic N) is 8. The molecule has 14 heteroatoms. The largest absolute Gasteiger partial charge is 0.455 e. The van der Waals surface area contributed by atoms with E-state index in [0.29, 0.717) is 21.4 Å². The molecule has 0 aliphatic carbocycles. The van der Waals surface area contributed by atoms with Crippen molar-refractivity contribution in [3.8, 4) is 11.5 Å². The second-order valence-corrected chi connectivity index (χ2v) is 7.23. The maximum Gasteiger partial charge on any atom is 0.455 e. The third-order valence-electron chi connectivity index (χ3n) is 5.10. The van der Waals surface area contributed by atoms with Gasteiger partial charge in [-0.3, -0.25) is 4.68 Å². The van der Waals surface area contributed by atoms with Crippen LogP contribution in [0, 0.1) is 0 Å². The zero-order valence-corrected chi connectivity index (χ0v) is 15.6. The molecule has 158 valence electrons. The van der Waals surface area contributed by atoms with Gasteiger partial charge in [0.2, 0.25) is 5.82 Å². The van der Waals surface area contributed by atoms with Crippen molar-refractivity contribution in [2.45, 2.75) is 37.5 Å². The zero-order chi connectivity index (χ0) is 21.4. The summed E-state index contributed by atoms with van der Waals surface area (Å²) >= 11 is 0. The maximum atomic E-state index is 14.2. The molecule has 9 nitrogen and oxygen atoms in total. The van der Waals surface area contributed by atoms with Gasteiger partial charge in [-0.25, -0.2) is 19.2 Å². The molecule has 5 heterocycles. The third kappa shape index (κ3) is 2.55. The van der Waals surface area contributed by atoms with E-state index < -0.39 is 30.6 Å². The average Bonchev–Trinajstić information content (AvgIpc) is 3.35. The van der Waals surface area contributed by atoms with Crippen LogP contribution in [-0.2, 0) is 7.05 Å². The summed E-state index contributed by atoms with van der Waals surface area (Å²) in [6.45, 7) is 1.53. The van der Waals surface area contributed by atoms with Crippen LogP contribution in [-0.4, -0.2) is 57.3 Å². The first kappa shape index (κ1) is 18.7. The Balaban J connectivity index is 1.62. The van der Waals surface area contributed by atoms with Crippen molar-refractivity contribution in [1.29, 1.82) is 0 Å². The van der Waals surface area contributed by atoms with Crippen LogP contribution >= 0.6 is 0 Å². The van der Waals surface area contributed by atoms with Crippen molar-refractivity contribution >= 4 is 22.5 Å². The van der Waals surface area contributed by atoms with Crippen LogP contribution in [0.1, 0.15) is 19.4 Å². The molecule has 0 radical (unpaired) electrons. The molecule has 0 amide bonds. The summed E-state index contributed by atoms with van der Waals surface area (Å²) in [4.78, 5) is 8.59. The monoisotopic (exact) mass is 427 g/mol. The molecule has 4 aromatic rings. The highest BCUT2D eigenvalue weighted by Gasteiger charge is 2.64. The lowest BCUT2D eigenvalue weighted by atomic mass is 9.99. The van der Waals surface area contributed by atoms with Gasteiger partial charge in [0, 0.05) is 19.2 Å². The highest BCUT2D eigenvalue weighted by Crippen LogP contribution is 2.48. The van der Waals surface area contributed by atoms with Gasteiger partial charge >= 0.3 is 12.1 Å². The Morgan fingerprint density at radius 1 is 1.13 bits per heavy atom. The highest BCUT2D eigenvalue weighted by atomic mass is 19.4. The molecule has 0 spiro atoms. The molecule has 0 saturated carbocycles. The van der Waals surface area contributed by atoms with Crippen LogP contribution in [0.25, 0.3) is 28.2 Å².